The molecular weight excluding hydrogens is 325 g/mol. The first kappa shape index (κ1) is 11.6. The topological polar surface area (TPSA) is 80.4 Å². The Morgan fingerprint density at radius 2 is 1.88 bits per heavy atom. The van der Waals surface area contributed by atoms with Crippen LogP contribution < -0.4 is 5.73 Å². The van der Waals surface area contributed by atoms with E-state index in [2.05, 4.69) is 0 Å². The standard InChI is InChI=1S/C2H7NO3S.Pb.2H/c3-1-2-7(4,5)6;;;/h1-3H2,(H,4,5,6);;;. The van der Waals surface area contributed by atoms with Crippen LogP contribution in [-0.2, 0) is 10.1 Å². The molecule has 8 heavy (non-hydrogen) atoms. The third-order valence-electron chi connectivity index (χ3n) is 0.376. The zero-order chi connectivity index (χ0) is 5.91. The zero-order valence-corrected chi connectivity index (χ0v) is 10.7. The van der Waals surface area contributed by atoms with Gasteiger partial charge >= 0.3 is 27.3 Å². The number of hydrogen-bond donors (Lipinski definition) is 2. The van der Waals surface area contributed by atoms with Crippen molar-refractivity contribution < 1.29 is 13.0 Å². The average Bonchev–Trinajstić information content (AvgIpc) is 1.30. The summed E-state index contributed by atoms with van der Waals surface area (Å²) < 4.78 is 27.3. The van der Waals surface area contributed by atoms with E-state index in [1.807, 2.05) is 0 Å². The maximum atomic E-state index is 9.71. The molecule has 0 fully saturated rings. The van der Waals surface area contributed by atoms with Crippen molar-refractivity contribution in [3.8, 4) is 0 Å². The van der Waals surface area contributed by atoms with Crippen LogP contribution in [0.2, 0.25) is 0 Å². The second-order valence-corrected chi connectivity index (χ2v) is 2.65. The van der Waals surface area contributed by atoms with Crippen molar-refractivity contribution in [1.82, 2.24) is 0 Å². The van der Waals surface area contributed by atoms with E-state index >= 15 is 0 Å². The molecular formula is C2H9NO3PbS. The van der Waals surface area contributed by atoms with Gasteiger partial charge in [0.15, 0.2) is 0 Å². The fourth-order valence-corrected chi connectivity index (χ4v) is 0.447. The van der Waals surface area contributed by atoms with Crippen LogP contribution in [0.3, 0.4) is 0 Å². The predicted molar refractivity (Wildman–Crippen MR) is 34.0 cm³/mol. The Morgan fingerprint density at radius 1 is 1.50 bits per heavy atom. The van der Waals surface area contributed by atoms with E-state index in [0.29, 0.717) is 0 Å². The molecule has 3 N–H and O–H groups in total. The van der Waals surface area contributed by atoms with Crippen molar-refractivity contribution in [2.75, 3.05) is 12.3 Å². The van der Waals surface area contributed by atoms with Crippen molar-refractivity contribution in [2.24, 2.45) is 5.73 Å². The van der Waals surface area contributed by atoms with Crippen LogP contribution in [0.5, 0.6) is 0 Å². The van der Waals surface area contributed by atoms with Gasteiger partial charge in [-0.1, -0.05) is 0 Å². The van der Waals surface area contributed by atoms with Gasteiger partial charge in [-0.2, -0.15) is 8.42 Å². The Labute approximate surface area is 68.4 Å². The second kappa shape index (κ2) is 4.65. The molecule has 0 unspecified atom stereocenters. The van der Waals surface area contributed by atoms with Crippen LogP contribution in [0.25, 0.3) is 0 Å². The van der Waals surface area contributed by atoms with Crippen molar-refractivity contribution in [1.29, 1.82) is 0 Å². The molecule has 0 aromatic carbocycles. The molecule has 0 spiro atoms. The van der Waals surface area contributed by atoms with E-state index < -0.39 is 10.1 Å². The summed E-state index contributed by atoms with van der Waals surface area (Å²) in [6.45, 7) is -0.0289. The van der Waals surface area contributed by atoms with Crippen molar-refractivity contribution in [2.45, 2.75) is 0 Å². The summed E-state index contributed by atoms with van der Waals surface area (Å²) in [5, 5.41) is 0. The molecule has 0 heterocycles. The molecule has 0 rings (SSSR count). The Bertz CT molecular complexity index is 130. The van der Waals surface area contributed by atoms with E-state index in [1.165, 1.54) is 0 Å². The Kier molecular flexibility index (Phi) is 6.73. The molecule has 0 saturated carbocycles. The van der Waals surface area contributed by atoms with Crippen LogP contribution in [-0.4, -0.2) is 52.6 Å². The van der Waals surface area contributed by atoms with Crippen LogP contribution in [0.15, 0.2) is 0 Å². The molecule has 50 valence electrons. The summed E-state index contributed by atoms with van der Waals surface area (Å²) in [6, 6.07) is 0. The van der Waals surface area contributed by atoms with Crippen molar-refractivity contribution >= 4 is 37.4 Å². The van der Waals surface area contributed by atoms with Crippen LogP contribution >= 0.6 is 0 Å². The summed E-state index contributed by atoms with van der Waals surface area (Å²) in [6.07, 6.45) is 0. The second-order valence-electron chi connectivity index (χ2n) is 1.07. The van der Waals surface area contributed by atoms with E-state index in [4.69, 9.17) is 10.3 Å². The van der Waals surface area contributed by atoms with E-state index in [9.17, 15) is 8.42 Å². The fourth-order valence-electron chi connectivity index (χ4n) is 0.149. The monoisotopic (exact) mass is 335 g/mol. The van der Waals surface area contributed by atoms with E-state index in [0.717, 1.165) is 0 Å². The zero-order valence-electron chi connectivity index (χ0n) is 4.37. The Hall–Kier alpha value is 0.792. The molecule has 0 atom stereocenters. The molecule has 0 saturated heterocycles. The van der Waals surface area contributed by atoms with Crippen LogP contribution in [0.1, 0.15) is 0 Å². The SMILES string of the molecule is NCCS(=O)(=O)O.[PbH2]. The average molecular weight is 334 g/mol. The van der Waals surface area contributed by atoms with Crippen molar-refractivity contribution in [3.05, 3.63) is 0 Å². The van der Waals surface area contributed by atoms with E-state index in [-0.39, 0.29) is 39.6 Å². The van der Waals surface area contributed by atoms with Gasteiger partial charge in [-0.3, -0.25) is 4.55 Å². The van der Waals surface area contributed by atoms with E-state index in [1.54, 1.807) is 0 Å². The molecule has 0 aliphatic heterocycles. The van der Waals surface area contributed by atoms with Gasteiger partial charge in [0.2, 0.25) is 0 Å². The third-order valence-corrected chi connectivity index (χ3v) is 1.13. The molecule has 4 nitrogen and oxygen atoms in total. The summed E-state index contributed by atoms with van der Waals surface area (Å²) in [4.78, 5) is 0. The predicted octanol–water partition coefficient (Wildman–Crippen LogP) is -2.08. The molecule has 0 aliphatic carbocycles. The summed E-state index contributed by atoms with van der Waals surface area (Å²) >= 11 is 0. The number of rotatable bonds is 2. The molecule has 0 bridgehead atoms. The summed E-state index contributed by atoms with van der Waals surface area (Å²) in [5.74, 6) is -0.354. The summed E-state index contributed by atoms with van der Waals surface area (Å²) in [5.41, 5.74) is 4.78. The molecule has 6 heteroatoms. The normalized spacial score (nSPS) is 10.2. The Balaban J connectivity index is 0. The number of nitrogens with two attached hydrogens (primary N) is 1. The summed E-state index contributed by atoms with van der Waals surface area (Å²) in [7, 11) is -3.80. The fraction of sp³-hybridized carbons (Fsp3) is 1.00. The quantitative estimate of drug-likeness (QED) is 0.449. The van der Waals surface area contributed by atoms with Crippen molar-refractivity contribution in [3.63, 3.8) is 0 Å². The van der Waals surface area contributed by atoms with Gasteiger partial charge in [0.1, 0.15) is 0 Å². The molecule has 2 radical (unpaired) electrons. The molecule has 0 amide bonds. The Morgan fingerprint density at radius 3 is 1.88 bits per heavy atom. The van der Waals surface area contributed by atoms with Gasteiger partial charge in [-0.25, -0.2) is 0 Å². The first-order valence-corrected chi connectivity index (χ1v) is 3.32. The van der Waals surface area contributed by atoms with Gasteiger partial charge < -0.3 is 5.73 Å². The first-order valence-electron chi connectivity index (χ1n) is 1.71. The minimum absolute atomic E-state index is 0. The van der Waals surface area contributed by atoms with Gasteiger partial charge in [-0.05, 0) is 0 Å². The van der Waals surface area contributed by atoms with Gasteiger partial charge in [-0.15, -0.1) is 0 Å². The van der Waals surface area contributed by atoms with Gasteiger partial charge in [0.25, 0.3) is 10.1 Å². The van der Waals surface area contributed by atoms with Crippen LogP contribution in [0.4, 0.5) is 0 Å². The number of hydrogen-bond acceptors (Lipinski definition) is 3. The van der Waals surface area contributed by atoms with Gasteiger partial charge in [0.05, 0.1) is 5.75 Å². The third kappa shape index (κ3) is 9.92. The van der Waals surface area contributed by atoms with Gasteiger partial charge in [0, 0.05) is 6.54 Å². The molecule has 0 aliphatic rings. The first-order chi connectivity index (χ1) is 3.06. The molecule has 0 aromatic rings. The maximum absolute atomic E-state index is 9.71. The minimum atomic E-state index is -3.80. The molecule has 0 aromatic heterocycles. The van der Waals surface area contributed by atoms with Crippen LogP contribution in [0, 0.1) is 0 Å².